The fourth-order valence-electron chi connectivity index (χ4n) is 1.15. The summed E-state index contributed by atoms with van der Waals surface area (Å²) >= 11 is 1.67. The number of ether oxygens (including phenoxy) is 1. The number of carbonyl (C=O) groups excluding carboxylic acids is 1. The standard InChI is InChI=1S/C11H16N2O2S/c1-8(11(14)15-3)4-5-12-6-10-7-13-9(2)16-10/h4,7,12H,5-6H2,1-3H3. The van der Waals surface area contributed by atoms with Gasteiger partial charge in [0.05, 0.1) is 12.1 Å². The summed E-state index contributed by atoms with van der Waals surface area (Å²) in [6.45, 7) is 5.15. The van der Waals surface area contributed by atoms with Gasteiger partial charge in [0.2, 0.25) is 0 Å². The van der Waals surface area contributed by atoms with Crippen LogP contribution in [0.3, 0.4) is 0 Å². The van der Waals surface area contributed by atoms with Crippen molar-refractivity contribution in [2.75, 3.05) is 13.7 Å². The summed E-state index contributed by atoms with van der Waals surface area (Å²) in [6, 6.07) is 0. The third-order valence-electron chi connectivity index (χ3n) is 2.03. The highest BCUT2D eigenvalue weighted by molar-refractivity contribution is 7.11. The third-order valence-corrected chi connectivity index (χ3v) is 2.94. The van der Waals surface area contributed by atoms with Crippen molar-refractivity contribution in [3.63, 3.8) is 0 Å². The van der Waals surface area contributed by atoms with Crippen LogP contribution < -0.4 is 5.32 Å². The zero-order valence-corrected chi connectivity index (χ0v) is 10.6. The third kappa shape index (κ3) is 4.12. The predicted molar refractivity (Wildman–Crippen MR) is 64.3 cm³/mol. The second kappa shape index (κ2) is 6.40. The Morgan fingerprint density at radius 1 is 1.69 bits per heavy atom. The average Bonchev–Trinajstić information content (AvgIpc) is 2.69. The van der Waals surface area contributed by atoms with Gasteiger partial charge in [0, 0.05) is 29.7 Å². The molecule has 1 aromatic heterocycles. The Morgan fingerprint density at radius 3 is 3.00 bits per heavy atom. The molecule has 0 bridgehead atoms. The Balaban J connectivity index is 2.28. The van der Waals surface area contributed by atoms with Crippen molar-refractivity contribution in [1.29, 1.82) is 0 Å². The maximum absolute atomic E-state index is 11.1. The zero-order valence-electron chi connectivity index (χ0n) is 9.74. The number of hydrogen-bond donors (Lipinski definition) is 1. The maximum atomic E-state index is 11.1. The predicted octanol–water partition coefficient (Wildman–Crippen LogP) is 1.66. The van der Waals surface area contributed by atoms with E-state index in [9.17, 15) is 4.79 Å². The second-order valence-electron chi connectivity index (χ2n) is 3.36. The number of rotatable bonds is 5. The van der Waals surface area contributed by atoms with Crippen LogP contribution in [0.2, 0.25) is 0 Å². The highest BCUT2D eigenvalue weighted by Gasteiger charge is 2.01. The summed E-state index contributed by atoms with van der Waals surface area (Å²) in [4.78, 5) is 16.4. The van der Waals surface area contributed by atoms with E-state index >= 15 is 0 Å². The van der Waals surface area contributed by atoms with E-state index in [1.165, 1.54) is 12.0 Å². The van der Waals surface area contributed by atoms with Crippen molar-refractivity contribution in [1.82, 2.24) is 10.3 Å². The summed E-state index contributed by atoms with van der Waals surface area (Å²) in [5.74, 6) is -0.282. The van der Waals surface area contributed by atoms with Crippen molar-refractivity contribution in [3.05, 3.63) is 27.7 Å². The van der Waals surface area contributed by atoms with Gasteiger partial charge in [0.15, 0.2) is 0 Å². The minimum Gasteiger partial charge on any atom is -0.466 e. The smallest absolute Gasteiger partial charge is 0.333 e. The zero-order chi connectivity index (χ0) is 12.0. The van der Waals surface area contributed by atoms with Gasteiger partial charge in [-0.05, 0) is 13.8 Å². The van der Waals surface area contributed by atoms with Crippen LogP contribution in [0.1, 0.15) is 16.8 Å². The van der Waals surface area contributed by atoms with Gasteiger partial charge in [0.25, 0.3) is 0 Å². The molecule has 16 heavy (non-hydrogen) atoms. The molecule has 88 valence electrons. The first-order chi connectivity index (χ1) is 7.63. The van der Waals surface area contributed by atoms with Gasteiger partial charge in [-0.2, -0.15) is 0 Å². The van der Waals surface area contributed by atoms with Crippen LogP contribution in [0, 0.1) is 6.92 Å². The van der Waals surface area contributed by atoms with Crippen LogP contribution in [-0.2, 0) is 16.1 Å². The monoisotopic (exact) mass is 240 g/mol. The number of carbonyl (C=O) groups is 1. The Hall–Kier alpha value is -1.20. The molecule has 5 heteroatoms. The number of thiazole rings is 1. The summed E-state index contributed by atoms with van der Waals surface area (Å²) in [5.41, 5.74) is 0.621. The fourth-order valence-corrected chi connectivity index (χ4v) is 1.92. The van der Waals surface area contributed by atoms with Gasteiger partial charge in [-0.3, -0.25) is 0 Å². The lowest BCUT2D eigenvalue weighted by atomic mass is 10.3. The molecule has 0 aromatic carbocycles. The van der Waals surface area contributed by atoms with E-state index < -0.39 is 0 Å². The lowest BCUT2D eigenvalue weighted by molar-refractivity contribution is -0.136. The average molecular weight is 240 g/mol. The fraction of sp³-hybridized carbons (Fsp3) is 0.455. The van der Waals surface area contributed by atoms with Crippen LogP contribution in [0.15, 0.2) is 17.8 Å². The molecule has 0 saturated heterocycles. The van der Waals surface area contributed by atoms with Gasteiger partial charge in [-0.25, -0.2) is 9.78 Å². The summed E-state index contributed by atoms with van der Waals surface area (Å²) in [6.07, 6.45) is 3.68. The van der Waals surface area contributed by atoms with Crippen LogP contribution in [-0.4, -0.2) is 24.6 Å². The van der Waals surface area contributed by atoms with E-state index in [0.29, 0.717) is 12.1 Å². The molecule has 4 nitrogen and oxygen atoms in total. The lowest BCUT2D eigenvalue weighted by Crippen LogP contribution is -2.13. The highest BCUT2D eigenvalue weighted by atomic mass is 32.1. The van der Waals surface area contributed by atoms with E-state index in [1.807, 2.05) is 19.2 Å². The van der Waals surface area contributed by atoms with Crippen molar-refractivity contribution in [3.8, 4) is 0 Å². The normalized spacial score (nSPS) is 11.6. The quantitative estimate of drug-likeness (QED) is 0.483. The molecule has 0 amide bonds. The Bertz CT molecular complexity index is 385. The molecule has 0 aliphatic heterocycles. The van der Waals surface area contributed by atoms with E-state index in [2.05, 4.69) is 15.0 Å². The largest absolute Gasteiger partial charge is 0.466 e. The minimum absolute atomic E-state index is 0.282. The lowest BCUT2D eigenvalue weighted by Gasteiger charge is -2.00. The van der Waals surface area contributed by atoms with Gasteiger partial charge < -0.3 is 10.1 Å². The van der Waals surface area contributed by atoms with Crippen LogP contribution >= 0.6 is 11.3 Å². The molecule has 0 unspecified atom stereocenters. The minimum atomic E-state index is -0.282. The molecule has 1 aromatic rings. The number of aromatic nitrogens is 1. The van der Waals surface area contributed by atoms with Gasteiger partial charge >= 0.3 is 5.97 Å². The first-order valence-corrected chi connectivity index (χ1v) is 5.82. The van der Waals surface area contributed by atoms with E-state index in [0.717, 1.165) is 11.6 Å². The SMILES string of the molecule is COC(=O)C(C)=CCNCc1cnc(C)s1. The molecule has 0 fully saturated rings. The van der Waals surface area contributed by atoms with Crippen LogP contribution in [0.25, 0.3) is 0 Å². The van der Waals surface area contributed by atoms with Gasteiger partial charge in [0.1, 0.15) is 0 Å². The molecule has 0 aliphatic rings. The number of nitrogens with one attached hydrogen (secondary N) is 1. The van der Waals surface area contributed by atoms with Crippen molar-refractivity contribution < 1.29 is 9.53 Å². The van der Waals surface area contributed by atoms with E-state index in [1.54, 1.807) is 18.3 Å². The first kappa shape index (κ1) is 12.9. The topological polar surface area (TPSA) is 51.2 Å². The Morgan fingerprint density at radius 2 is 2.44 bits per heavy atom. The number of hydrogen-bond acceptors (Lipinski definition) is 5. The molecule has 0 saturated carbocycles. The van der Waals surface area contributed by atoms with Gasteiger partial charge in [-0.15, -0.1) is 11.3 Å². The number of nitrogens with zero attached hydrogens (tertiary/aromatic N) is 1. The Labute approximate surface area is 99.3 Å². The van der Waals surface area contributed by atoms with Gasteiger partial charge in [-0.1, -0.05) is 6.08 Å². The van der Waals surface area contributed by atoms with Crippen molar-refractivity contribution >= 4 is 17.3 Å². The Kier molecular flexibility index (Phi) is 5.14. The highest BCUT2D eigenvalue weighted by Crippen LogP contribution is 2.10. The van der Waals surface area contributed by atoms with Crippen LogP contribution in [0.5, 0.6) is 0 Å². The van der Waals surface area contributed by atoms with Crippen molar-refractivity contribution in [2.45, 2.75) is 20.4 Å². The molecule has 0 radical (unpaired) electrons. The summed E-state index contributed by atoms with van der Waals surface area (Å²) in [7, 11) is 1.38. The first-order valence-electron chi connectivity index (χ1n) is 5.00. The van der Waals surface area contributed by atoms with E-state index in [-0.39, 0.29) is 5.97 Å². The number of methoxy groups -OCH3 is 1. The second-order valence-corrected chi connectivity index (χ2v) is 4.67. The molecule has 1 rings (SSSR count). The molecule has 0 aliphatic carbocycles. The maximum Gasteiger partial charge on any atom is 0.333 e. The number of esters is 1. The number of aryl methyl sites for hydroxylation is 1. The van der Waals surface area contributed by atoms with E-state index in [4.69, 9.17) is 0 Å². The molecule has 0 spiro atoms. The molecule has 0 atom stereocenters. The summed E-state index contributed by atoms with van der Waals surface area (Å²) < 4.78 is 4.59. The molecular weight excluding hydrogens is 224 g/mol. The molecule has 1 N–H and O–H groups in total. The van der Waals surface area contributed by atoms with Crippen LogP contribution in [0.4, 0.5) is 0 Å². The van der Waals surface area contributed by atoms with Crippen molar-refractivity contribution in [2.24, 2.45) is 0 Å². The molecule has 1 heterocycles. The summed E-state index contributed by atoms with van der Waals surface area (Å²) in [5, 5.41) is 4.28. The molecular formula is C11H16N2O2S.